The molecular weight excluding hydrogens is 551 g/mol. The highest BCUT2D eigenvalue weighted by Crippen LogP contribution is 2.45. The number of hydrogen-bond donors (Lipinski definition) is 1. The van der Waals surface area contributed by atoms with Crippen molar-refractivity contribution in [2.24, 2.45) is 5.73 Å². The second-order valence-corrected chi connectivity index (χ2v) is 9.90. The minimum Gasteiger partial charge on any atom is -0.493 e. The first-order chi connectivity index (χ1) is 20.9. The third-order valence-electron chi connectivity index (χ3n) is 7.24. The Morgan fingerprint density at radius 3 is 2.60 bits per heavy atom. The van der Waals surface area contributed by atoms with Gasteiger partial charge in [-0.1, -0.05) is 42.5 Å². The van der Waals surface area contributed by atoms with Gasteiger partial charge in [0.2, 0.25) is 11.6 Å². The van der Waals surface area contributed by atoms with E-state index in [0.29, 0.717) is 46.0 Å². The maximum absolute atomic E-state index is 13.7. The first-order valence-electron chi connectivity index (χ1n) is 13.3. The lowest BCUT2D eigenvalue weighted by Crippen LogP contribution is -2.21. The summed E-state index contributed by atoms with van der Waals surface area (Å²) in [5, 5.41) is 10.5. The van der Waals surface area contributed by atoms with Crippen molar-refractivity contribution in [2.75, 3.05) is 7.11 Å². The van der Waals surface area contributed by atoms with E-state index in [0.717, 1.165) is 11.1 Å². The van der Waals surface area contributed by atoms with Crippen molar-refractivity contribution in [3.8, 4) is 29.1 Å². The number of aryl methyl sites for hydroxylation is 1. The molecule has 1 aliphatic heterocycles. The van der Waals surface area contributed by atoms with Gasteiger partial charge in [0.25, 0.3) is 0 Å². The summed E-state index contributed by atoms with van der Waals surface area (Å²) in [6.45, 7) is 2.02. The van der Waals surface area contributed by atoms with Crippen LogP contribution in [0.1, 0.15) is 38.7 Å². The Morgan fingerprint density at radius 1 is 1.02 bits per heavy atom. The van der Waals surface area contributed by atoms with Crippen LogP contribution in [0.5, 0.6) is 23.0 Å². The number of fused-ring (bicyclic) bond motifs is 2. The number of carbonyl (C=O) groups excluding carboxylic acids is 1. The van der Waals surface area contributed by atoms with Crippen molar-refractivity contribution in [3.63, 3.8) is 0 Å². The van der Waals surface area contributed by atoms with Gasteiger partial charge in [0.15, 0.2) is 11.5 Å². The quantitative estimate of drug-likeness (QED) is 0.164. The number of ether oxygens (including phenoxy) is 4. The maximum atomic E-state index is 13.7. The summed E-state index contributed by atoms with van der Waals surface area (Å²) in [6.07, 6.45) is 0. The zero-order valence-corrected chi connectivity index (χ0v) is 23.2. The third kappa shape index (κ3) is 5.22. The molecule has 0 saturated carbocycles. The molecule has 1 atom stereocenters. The number of nitrogens with two attached hydrogens (primary N) is 1. The minimum atomic E-state index is -0.751. The third-order valence-corrected chi connectivity index (χ3v) is 7.24. The molecule has 1 aliphatic rings. The summed E-state index contributed by atoms with van der Waals surface area (Å²) in [4.78, 5) is 13.0. The number of esters is 1. The molecule has 0 bridgehead atoms. The molecule has 0 fully saturated rings. The summed E-state index contributed by atoms with van der Waals surface area (Å²) >= 11 is 0. The van der Waals surface area contributed by atoms with Crippen molar-refractivity contribution >= 4 is 16.9 Å². The molecule has 2 heterocycles. The molecule has 0 radical (unpaired) electrons. The summed E-state index contributed by atoms with van der Waals surface area (Å²) < 4.78 is 42.3. The predicted molar refractivity (Wildman–Crippen MR) is 155 cm³/mol. The average molecular weight is 577 g/mol. The number of benzene rings is 4. The molecule has 6 rings (SSSR count). The number of hydrogen-bond acceptors (Lipinski definition) is 8. The van der Waals surface area contributed by atoms with Crippen LogP contribution < -0.4 is 24.7 Å². The van der Waals surface area contributed by atoms with Crippen LogP contribution in [0.15, 0.2) is 101 Å². The Labute approximate surface area is 246 Å². The zero-order chi connectivity index (χ0) is 30.1. The number of methoxy groups -OCH3 is 1. The fourth-order valence-corrected chi connectivity index (χ4v) is 5.10. The van der Waals surface area contributed by atoms with Crippen molar-refractivity contribution in [1.82, 2.24) is 0 Å². The SMILES string of the molecule is COc1cc(C2C(C#N)=C(N)Oc3cc(OC(=O)c4oc5ccc(F)cc5c4C)ccc32)ccc1OCc1ccccc1. The highest BCUT2D eigenvalue weighted by atomic mass is 19.1. The van der Waals surface area contributed by atoms with Crippen molar-refractivity contribution in [1.29, 1.82) is 5.26 Å². The van der Waals surface area contributed by atoms with Gasteiger partial charge in [-0.3, -0.25) is 0 Å². The van der Waals surface area contributed by atoms with E-state index in [2.05, 4.69) is 6.07 Å². The smallest absolute Gasteiger partial charge is 0.379 e. The number of rotatable bonds is 7. The summed E-state index contributed by atoms with van der Waals surface area (Å²) in [5.74, 6) is -0.351. The van der Waals surface area contributed by atoms with E-state index < -0.39 is 17.7 Å². The van der Waals surface area contributed by atoms with Gasteiger partial charge in [0, 0.05) is 22.6 Å². The Bertz CT molecular complexity index is 1940. The second-order valence-electron chi connectivity index (χ2n) is 9.90. The van der Waals surface area contributed by atoms with Gasteiger partial charge in [-0.2, -0.15) is 5.26 Å². The van der Waals surface area contributed by atoms with Crippen LogP contribution in [0.4, 0.5) is 4.39 Å². The number of nitrogens with zero attached hydrogens (tertiary/aromatic N) is 1. The number of carbonyl (C=O) groups is 1. The molecule has 0 aliphatic carbocycles. The molecule has 1 unspecified atom stereocenters. The van der Waals surface area contributed by atoms with Crippen molar-refractivity contribution in [2.45, 2.75) is 19.4 Å². The Balaban J connectivity index is 1.29. The predicted octanol–water partition coefficient (Wildman–Crippen LogP) is 6.91. The van der Waals surface area contributed by atoms with E-state index in [1.807, 2.05) is 36.4 Å². The molecule has 9 heteroatoms. The first-order valence-corrected chi connectivity index (χ1v) is 13.3. The van der Waals surface area contributed by atoms with Gasteiger partial charge < -0.3 is 29.1 Å². The van der Waals surface area contributed by atoms with Crippen LogP contribution in [-0.2, 0) is 6.61 Å². The lowest BCUT2D eigenvalue weighted by atomic mass is 9.83. The van der Waals surface area contributed by atoms with Crippen LogP contribution in [0.3, 0.4) is 0 Å². The second kappa shape index (κ2) is 11.3. The van der Waals surface area contributed by atoms with E-state index in [-0.39, 0.29) is 23.0 Å². The molecule has 0 amide bonds. The van der Waals surface area contributed by atoms with Crippen LogP contribution in [-0.4, -0.2) is 13.1 Å². The molecule has 214 valence electrons. The van der Waals surface area contributed by atoms with Gasteiger partial charge in [0.05, 0.1) is 13.0 Å². The standard InChI is InChI=1S/C34H25FN2O6/c1-19-25-15-22(35)9-13-27(25)42-32(19)34(38)41-23-10-11-24-29(16-23)43-33(37)26(17-36)31(24)21-8-12-28(30(14-21)39-2)40-18-20-6-4-3-5-7-20/h3-16,31H,18,37H2,1-2H3. The van der Waals surface area contributed by atoms with Gasteiger partial charge in [0.1, 0.15) is 41.1 Å². The van der Waals surface area contributed by atoms with Gasteiger partial charge in [-0.25, -0.2) is 9.18 Å². The number of halogens is 1. The summed E-state index contributed by atoms with van der Waals surface area (Å²) in [6, 6.07) is 26.2. The fraction of sp³-hybridized carbons (Fsp3) is 0.118. The van der Waals surface area contributed by atoms with E-state index in [1.54, 1.807) is 38.3 Å². The maximum Gasteiger partial charge on any atom is 0.379 e. The molecule has 0 saturated heterocycles. The van der Waals surface area contributed by atoms with E-state index in [9.17, 15) is 14.4 Å². The lowest BCUT2D eigenvalue weighted by molar-refractivity contribution is 0.0702. The lowest BCUT2D eigenvalue weighted by Gasteiger charge is -2.27. The molecule has 4 aromatic carbocycles. The van der Waals surface area contributed by atoms with Crippen molar-refractivity contribution < 1.29 is 32.5 Å². The topological polar surface area (TPSA) is 117 Å². The molecule has 43 heavy (non-hydrogen) atoms. The van der Waals surface area contributed by atoms with Crippen molar-refractivity contribution in [3.05, 3.63) is 130 Å². The largest absolute Gasteiger partial charge is 0.493 e. The number of allylic oxidation sites excluding steroid dienone is 1. The normalized spacial score (nSPS) is 14.0. The van der Waals surface area contributed by atoms with E-state index in [1.165, 1.54) is 24.3 Å². The Hall–Kier alpha value is -5.75. The highest BCUT2D eigenvalue weighted by molar-refractivity contribution is 5.96. The monoisotopic (exact) mass is 576 g/mol. The van der Waals surface area contributed by atoms with Gasteiger partial charge in [-0.05, 0) is 54.4 Å². The zero-order valence-electron chi connectivity index (χ0n) is 23.2. The van der Waals surface area contributed by atoms with Gasteiger partial charge >= 0.3 is 5.97 Å². The van der Waals surface area contributed by atoms with Crippen LogP contribution >= 0.6 is 0 Å². The molecular formula is C34H25FN2O6. The molecule has 5 aromatic rings. The van der Waals surface area contributed by atoms with Crippen LogP contribution in [0, 0.1) is 24.1 Å². The fourth-order valence-electron chi connectivity index (χ4n) is 5.10. The number of furan rings is 1. The molecule has 0 spiro atoms. The molecule has 1 aromatic heterocycles. The minimum absolute atomic E-state index is 0.0371. The van der Waals surface area contributed by atoms with Crippen LogP contribution in [0.25, 0.3) is 11.0 Å². The highest BCUT2D eigenvalue weighted by Gasteiger charge is 2.32. The van der Waals surface area contributed by atoms with Gasteiger partial charge in [-0.15, -0.1) is 0 Å². The number of nitriles is 1. The van der Waals surface area contributed by atoms with E-state index in [4.69, 9.17) is 29.1 Å². The Morgan fingerprint density at radius 2 is 1.84 bits per heavy atom. The average Bonchev–Trinajstić information content (AvgIpc) is 3.35. The first kappa shape index (κ1) is 27.4. The Kier molecular flexibility index (Phi) is 7.18. The molecule has 8 nitrogen and oxygen atoms in total. The molecule has 2 N–H and O–H groups in total. The summed E-state index contributed by atoms with van der Waals surface area (Å²) in [7, 11) is 1.54. The summed E-state index contributed by atoms with van der Waals surface area (Å²) in [5.41, 5.74) is 9.62. The van der Waals surface area contributed by atoms with E-state index >= 15 is 0 Å². The van der Waals surface area contributed by atoms with Crippen LogP contribution in [0.2, 0.25) is 0 Å².